The molecular weight excluding hydrogens is 304 g/mol. The van der Waals surface area contributed by atoms with Crippen LogP contribution in [0.4, 0.5) is 0 Å². The Morgan fingerprint density at radius 1 is 1.26 bits per heavy atom. The molecule has 0 bridgehead atoms. The van der Waals surface area contributed by atoms with Crippen molar-refractivity contribution in [2.75, 3.05) is 14.2 Å². The summed E-state index contributed by atoms with van der Waals surface area (Å²) in [6.45, 7) is 1.62. The highest BCUT2D eigenvalue weighted by molar-refractivity contribution is 5.89. The molecule has 0 aliphatic carbocycles. The normalized spacial score (nSPS) is 20.7. The molecular formula is C16H16O7. The number of cyclic esters (lactones) is 1. The standard InChI is InChI=1S/C16H16O7/c1-7-4-8(17)13-9(18)5-10(20-2)14(15(13)22-7)11-6-12(21-3)16(19)23-11/h4-5,11-12,18H,6H2,1-3H3. The number of carbonyl (C=O) groups is 1. The van der Waals surface area contributed by atoms with E-state index >= 15 is 0 Å². The lowest BCUT2D eigenvalue weighted by atomic mass is 10.0. The summed E-state index contributed by atoms with van der Waals surface area (Å²) in [6.07, 6.45) is -1.11. The van der Waals surface area contributed by atoms with Crippen molar-refractivity contribution in [3.05, 3.63) is 33.7 Å². The number of hydrogen-bond acceptors (Lipinski definition) is 7. The minimum atomic E-state index is -0.690. The summed E-state index contributed by atoms with van der Waals surface area (Å²) in [6, 6.07) is 2.61. The number of rotatable bonds is 3. The molecule has 1 aromatic carbocycles. The molecule has 23 heavy (non-hydrogen) atoms. The number of aryl methyl sites for hydroxylation is 1. The van der Waals surface area contributed by atoms with E-state index in [0.29, 0.717) is 11.3 Å². The molecule has 3 rings (SSSR count). The lowest BCUT2D eigenvalue weighted by molar-refractivity contribution is -0.148. The molecule has 1 N–H and O–H groups in total. The Morgan fingerprint density at radius 2 is 2.00 bits per heavy atom. The van der Waals surface area contributed by atoms with E-state index in [1.165, 1.54) is 26.4 Å². The van der Waals surface area contributed by atoms with Crippen LogP contribution < -0.4 is 10.2 Å². The zero-order chi connectivity index (χ0) is 16.7. The van der Waals surface area contributed by atoms with E-state index in [4.69, 9.17) is 18.6 Å². The zero-order valence-electron chi connectivity index (χ0n) is 12.9. The van der Waals surface area contributed by atoms with Gasteiger partial charge >= 0.3 is 5.97 Å². The predicted octanol–water partition coefficient (Wildman–Crippen LogP) is 1.82. The van der Waals surface area contributed by atoms with Gasteiger partial charge in [-0.1, -0.05) is 0 Å². The summed E-state index contributed by atoms with van der Waals surface area (Å²) >= 11 is 0. The van der Waals surface area contributed by atoms with Crippen LogP contribution in [-0.2, 0) is 14.3 Å². The van der Waals surface area contributed by atoms with Crippen molar-refractivity contribution in [3.63, 3.8) is 0 Å². The van der Waals surface area contributed by atoms with E-state index in [1.54, 1.807) is 6.92 Å². The molecule has 1 fully saturated rings. The lowest BCUT2D eigenvalue weighted by Gasteiger charge is -2.16. The number of carbonyl (C=O) groups excluding carboxylic acids is 1. The molecule has 7 heteroatoms. The maximum Gasteiger partial charge on any atom is 0.336 e. The minimum absolute atomic E-state index is 0.0308. The highest BCUT2D eigenvalue weighted by Crippen LogP contribution is 2.43. The van der Waals surface area contributed by atoms with Gasteiger partial charge in [0.15, 0.2) is 17.1 Å². The van der Waals surface area contributed by atoms with Crippen LogP contribution >= 0.6 is 0 Å². The van der Waals surface area contributed by atoms with E-state index in [1.807, 2.05) is 0 Å². The zero-order valence-corrected chi connectivity index (χ0v) is 12.9. The van der Waals surface area contributed by atoms with Gasteiger partial charge in [-0.05, 0) is 6.92 Å². The van der Waals surface area contributed by atoms with E-state index in [2.05, 4.69) is 0 Å². The summed E-state index contributed by atoms with van der Waals surface area (Å²) in [5, 5.41) is 10.1. The summed E-state index contributed by atoms with van der Waals surface area (Å²) in [5.74, 6) is -0.0833. The molecule has 0 radical (unpaired) electrons. The van der Waals surface area contributed by atoms with Crippen LogP contribution in [-0.4, -0.2) is 31.4 Å². The molecule has 0 amide bonds. The SMILES string of the molecule is COc1cc(O)c2c(=O)cc(C)oc2c1C1CC(OC)C(=O)O1. The van der Waals surface area contributed by atoms with Crippen molar-refractivity contribution in [3.8, 4) is 11.5 Å². The van der Waals surface area contributed by atoms with Gasteiger partial charge in [-0.15, -0.1) is 0 Å². The van der Waals surface area contributed by atoms with Crippen LogP contribution in [0.1, 0.15) is 23.8 Å². The van der Waals surface area contributed by atoms with E-state index < -0.39 is 18.2 Å². The number of phenolic OH excluding ortho intramolecular Hbond substituents is 1. The van der Waals surface area contributed by atoms with E-state index in [-0.39, 0.29) is 34.3 Å². The number of aromatic hydroxyl groups is 1. The number of fused-ring (bicyclic) bond motifs is 1. The van der Waals surface area contributed by atoms with Crippen molar-refractivity contribution in [1.82, 2.24) is 0 Å². The Balaban J connectivity index is 2.29. The van der Waals surface area contributed by atoms with Crippen LogP contribution in [0.15, 0.2) is 21.3 Å². The number of benzene rings is 1. The monoisotopic (exact) mass is 320 g/mol. The van der Waals surface area contributed by atoms with E-state index in [9.17, 15) is 14.7 Å². The Morgan fingerprint density at radius 3 is 2.61 bits per heavy atom. The maximum atomic E-state index is 12.2. The van der Waals surface area contributed by atoms with Gasteiger partial charge in [0.2, 0.25) is 0 Å². The Kier molecular flexibility index (Phi) is 3.73. The van der Waals surface area contributed by atoms with Gasteiger partial charge in [0.1, 0.15) is 28.7 Å². The molecule has 122 valence electrons. The van der Waals surface area contributed by atoms with Gasteiger partial charge in [-0.25, -0.2) is 4.79 Å². The lowest BCUT2D eigenvalue weighted by Crippen LogP contribution is -2.15. The molecule has 1 aromatic heterocycles. The first kappa shape index (κ1) is 15.4. The van der Waals surface area contributed by atoms with Crippen molar-refractivity contribution in [1.29, 1.82) is 0 Å². The van der Waals surface area contributed by atoms with Crippen LogP contribution in [0.2, 0.25) is 0 Å². The average molecular weight is 320 g/mol. The van der Waals surface area contributed by atoms with Crippen molar-refractivity contribution in [2.24, 2.45) is 0 Å². The molecule has 1 aliphatic heterocycles. The first-order valence-corrected chi connectivity index (χ1v) is 7.03. The topological polar surface area (TPSA) is 95.2 Å². The van der Waals surface area contributed by atoms with Gasteiger partial charge < -0.3 is 23.7 Å². The fraction of sp³-hybridized carbons (Fsp3) is 0.375. The summed E-state index contributed by atoms with van der Waals surface area (Å²) in [5.41, 5.74) is 0.188. The van der Waals surface area contributed by atoms with Crippen LogP contribution in [0.5, 0.6) is 11.5 Å². The van der Waals surface area contributed by atoms with Crippen LogP contribution in [0.3, 0.4) is 0 Å². The number of phenols is 1. The smallest absolute Gasteiger partial charge is 0.336 e. The van der Waals surface area contributed by atoms with Gasteiger partial charge in [0.25, 0.3) is 0 Å². The van der Waals surface area contributed by atoms with E-state index in [0.717, 1.165) is 0 Å². The quantitative estimate of drug-likeness (QED) is 0.862. The second kappa shape index (κ2) is 5.58. The fourth-order valence-corrected chi connectivity index (χ4v) is 2.83. The largest absolute Gasteiger partial charge is 0.507 e. The molecule has 2 unspecified atom stereocenters. The summed E-state index contributed by atoms with van der Waals surface area (Å²) < 4.78 is 21.3. The molecule has 2 atom stereocenters. The maximum absolute atomic E-state index is 12.2. The minimum Gasteiger partial charge on any atom is -0.507 e. The van der Waals surface area contributed by atoms with Crippen molar-refractivity contribution in [2.45, 2.75) is 25.6 Å². The van der Waals surface area contributed by atoms with Gasteiger partial charge in [0, 0.05) is 25.7 Å². The Bertz CT molecular complexity index is 836. The second-order valence-electron chi connectivity index (χ2n) is 5.32. The first-order chi connectivity index (χ1) is 11.0. The number of ether oxygens (including phenoxy) is 3. The fourth-order valence-electron chi connectivity index (χ4n) is 2.83. The number of hydrogen-bond donors (Lipinski definition) is 1. The van der Waals surface area contributed by atoms with Crippen molar-refractivity contribution < 1.29 is 28.5 Å². The summed E-state index contributed by atoms with van der Waals surface area (Å²) in [7, 11) is 2.84. The van der Waals surface area contributed by atoms with Gasteiger partial charge in [-0.2, -0.15) is 0 Å². The van der Waals surface area contributed by atoms with Gasteiger partial charge in [-0.3, -0.25) is 4.79 Å². The third kappa shape index (κ3) is 2.43. The number of methoxy groups -OCH3 is 2. The molecule has 2 heterocycles. The third-order valence-corrected chi connectivity index (χ3v) is 3.88. The van der Waals surface area contributed by atoms with Gasteiger partial charge in [0.05, 0.1) is 12.7 Å². The Labute approximate surface area is 131 Å². The third-order valence-electron chi connectivity index (χ3n) is 3.88. The highest BCUT2D eigenvalue weighted by atomic mass is 16.6. The molecule has 1 aliphatic rings. The van der Waals surface area contributed by atoms with Crippen LogP contribution in [0, 0.1) is 6.92 Å². The second-order valence-corrected chi connectivity index (χ2v) is 5.32. The first-order valence-electron chi connectivity index (χ1n) is 7.03. The van der Waals surface area contributed by atoms with Crippen molar-refractivity contribution >= 4 is 16.9 Å². The molecule has 2 aromatic rings. The summed E-state index contributed by atoms with van der Waals surface area (Å²) in [4.78, 5) is 24.0. The van der Waals surface area contributed by atoms with Crippen LogP contribution in [0.25, 0.3) is 11.0 Å². The average Bonchev–Trinajstić information content (AvgIpc) is 2.86. The molecule has 7 nitrogen and oxygen atoms in total. The molecule has 0 saturated carbocycles. The molecule has 0 spiro atoms. The highest BCUT2D eigenvalue weighted by Gasteiger charge is 2.39. The number of esters is 1. The Hall–Kier alpha value is -2.54. The molecule has 1 saturated heterocycles. The predicted molar refractivity (Wildman–Crippen MR) is 79.7 cm³/mol.